The van der Waals surface area contributed by atoms with Crippen LogP contribution in [0.5, 0.6) is 11.5 Å². The molecule has 0 aliphatic rings. The fourth-order valence-electron chi connectivity index (χ4n) is 4.69. The molecule has 0 fully saturated rings. The van der Waals surface area contributed by atoms with Crippen LogP contribution in [0, 0.1) is 11.6 Å². The fourth-order valence-corrected chi connectivity index (χ4v) is 4.69. The number of halogens is 2. The average molecular weight is 557 g/mol. The van der Waals surface area contributed by atoms with Crippen LogP contribution < -0.4 is 14.5 Å². The van der Waals surface area contributed by atoms with Gasteiger partial charge in [-0.1, -0.05) is 48.5 Å². The van der Waals surface area contributed by atoms with Crippen LogP contribution in [0.2, 0.25) is 0 Å². The minimum Gasteiger partial charge on any atom is -0.454 e. The fraction of sp³-hybridized carbons (Fsp3) is 0.0286. The Morgan fingerprint density at radius 3 is 1.81 bits per heavy atom. The number of benzene rings is 4. The van der Waals surface area contributed by atoms with Gasteiger partial charge < -0.3 is 14.5 Å². The highest BCUT2D eigenvalue weighted by molar-refractivity contribution is 5.80. The smallest absolute Gasteiger partial charge is 0.168 e. The van der Waals surface area contributed by atoms with Crippen molar-refractivity contribution in [1.82, 2.24) is 9.97 Å². The van der Waals surface area contributed by atoms with Gasteiger partial charge in [0.05, 0.1) is 11.4 Å². The van der Waals surface area contributed by atoms with Crippen molar-refractivity contribution >= 4 is 28.6 Å². The maximum absolute atomic E-state index is 15.1. The first-order chi connectivity index (χ1) is 20.6. The number of hydrogen-bond donors (Lipinski definition) is 0. The number of anilines is 5. The lowest BCUT2D eigenvalue weighted by molar-refractivity contribution is 0.438. The Morgan fingerprint density at radius 1 is 0.571 bits per heavy atom. The van der Waals surface area contributed by atoms with Gasteiger partial charge >= 0.3 is 0 Å². The van der Waals surface area contributed by atoms with Gasteiger partial charge in [-0.15, -0.1) is 0 Å². The molecule has 6 aromatic rings. The van der Waals surface area contributed by atoms with E-state index in [9.17, 15) is 4.39 Å². The van der Waals surface area contributed by atoms with Gasteiger partial charge in [-0.25, -0.2) is 13.8 Å². The van der Waals surface area contributed by atoms with Crippen molar-refractivity contribution in [2.24, 2.45) is 0 Å². The van der Waals surface area contributed by atoms with Crippen LogP contribution in [0.1, 0.15) is 0 Å². The lowest BCUT2D eigenvalue weighted by Crippen LogP contribution is -2.14. The summed E-state index contributed by atoms with van der Waals surface area (Å²) in [7, 11) is 1.90. The molecule has 42 heavy (non-hydrogen) atoms. The molecule has 0 N–H and O–H groups in total. The van der Waals surface area contributed by atoms with Crippen LogP contribution >= 0.6 is 0 Å². The second kappa shape index (κ2) is 11.9. The topological polar surface area (TPSA) is 41.5 Å². The molecule has 206 valence electrons. The van der Waals surface area contributed by atoms with Gasteiger partial charge in [-0.05, 0) is 60.7 Å². The highest BCUT2D eigenvalue weighted by atomic mass is 19.1. The second-order valence-corrected chi connectivity index (χ2v) is 9.52. The van der Waals surface area contributed by atoms with Gasteiger partial charge in [0.25, 0.3) is 0 Å². The summed E-state index contributed by atoms with van der Waals surface area (Å²) in [6.45, 7) is 0. The zero-order chi connectivity index (χ0) is 28.9. The molecule has 2 aromatic heterocycles. The van der Waals surface area contributed by atoms with E-state index in [0.717, 1.165) is 34.6 Å². The molecule has 0 saturated carbocycles. The number of ether oxygens (including phenoxy) is 1. The zero-order valence-corrected chi connectivity index (χ0v) is 22.7. The van der Waals surface area contributed by atoms with Crippen LogP contribution in [0.15, 0.2) is 140 Å². The summed E-state index contributed by atoms with van der Waals surface area (Å²) >= 11 is 0. The van der Waals surface area contributed by atoms with E-state index in [1.54, 1.807) is 36.7 Å². The molecule has 5 nitrogen and oxygen atoms in total. The molecular weight excluding hydrogens is 530 g/mol. The summed E-state index contributed by atoms with van der Waals surface area (Å²) < 4.78 is 36.1. The van der Waals surface area contributed by atoms with Crippen molar-refractivity contribution in [2.75, 3.05) is 16.8 Å². The van der Waals surface area contributed by atoms with Crippen LogP contribution in [0.25, 0.3) is 11.3 Å². The second-order valence-electron chi connectivity index (χ2n) is 9.52. The molecule has 0 bridgehead atoms. The Bertz CT molecular complexity index is 1750. The highest BCUT2D eigenvalue weighted by Crippen LogP contribution is 2.41. The Labute approximate surface area is 242 Å². The highest BCUT2D eigenvalue weighted by Gasteiger charge is 2.19. The lowest BCUT2D eigenvalue weighted by Gasteiger charge is -2.28. The number of pyridine rings is 2. The Kier molecular flexibility index (Phi) is 7.55. The lowest BCUT2D eigenvalue weighted by atomic mass is 10.1. The summed E-state index contributed by atoms with van der Waals surface area (Å²) in [5.41, 5.74) is 3.91. The van der Waals surface area contributed by atoms with E-state index in [1.807, 2.05) is 103 Å². The minimum atomic E-state index is -0.819. The third kappa shape index (κ3) is 5.67. The van der Waals surface area contributed by atoms with E-state index >= 15 is 4.39 Å². The van der Waals surface area contributed by atoms with E-state index in [2.05, 4.69) is 14.9 Å². The van der Waals surface area contributed by atoms with Crippen LogP contribution in [0.4, 0.5) is 37.3 Å². The van der Waals surface area contributed by atoms with Crippen molar-refractivity contribution in [3.8, 4) is 22.8 Å². The van der Waals surface area contributed by atoms with Crippen molar-refractivity contribution in [3.05, 3.63) is 151 Å². The molecular formula is C35H26F2N4O. The predicted molar refractivity (Wildman–Crippen MR) is 163 cm³/mol. The average Bonchev–Trinajstić information content (AvgIpc) is 3.04. The molecule has 0 saturated heterocycles. The molecule has 0 atom stereocenters. The van der Waals surface area contributed by atoms with Gasteiger partial charge in [-0.2, -0.15) is 0 Å². The Morgan fingerprint density at radius 2 is 1.19 bits per heavy atom. The van der Waals surface area contributed by atoms with E-state index in [-0.39, 0.29) is 11.3 Å². The van der Waals surface area contributed by atoms with Gasteiger partial charge in [0.15, 0.2) is 11.6 Å². The van der Waals surface area contributed by atoms with Gasteiger partial charge in [0.1, 0.15) is 17.4 Å². The normalized spacial score (nSPS) is 10.7. The van der Waals surface area contributed by atoms with Gasteiger partial charge in [-0.3, -0.25) is 4.98 Å². The molecule has 0 unspecified atom stereocenters. The van der Waals surface area contributed by atoms with E-state index < -0.39 is 11.6 Å². The van der Waals surface area contributed by atoms with Crippen molar-refractivity contribution in [1.29, 1.82) is 0 Å². The minimum absolute atomic E-state index is 0.119. The van der Waals surface area contributed by atoms with Crippen LogP contribution in [0.3, 0.4) is 0 Å². The van der Waals surface area contributed by atoms with Crippen LogP contribution in [-0.2, 0) is 0 Å². The summed E-state index contributed by atoms with van der Waals surface area (Å²) in [5, 5.41) is 0. The van der Waals surface area contributed by atoms with E-state index in [4.69, 9.17) is 4.74 Å². The van der Waals surface area contributed by atoms with E-state index in [0.29, 0.717) is 11.4 Å². The summed E-state index contributed by atoms with van der Waals surface area (Å²) in [5.74, 6) is -0.578. The third-order valence-electron chi connectivity index (χ3n) is 6.73. The maximum atomic E-state index is 15.1. The first-order valence-electron chi connectivity index (χ1n) is 13.4. The first-order valence-corrected chi connectivity index (χ1v) is 13.4. The maximum Gasteiger partial charge on any atom is 0.168 e. The molecule has 0 aliphatic heterocycles. The molecule has 2 heterocycles. The van der Waals surface area contributed by atoms with Crippen molar-refractivity contribution in [3.63, 3.8) is 0 Å². The number of hydrogen-bond acceptors (Lipinski definition) is 5. The molecule has 4 aromatic carbocycles. The number of aromatic nitrogens is 2. The van der Waals surface area contributed by atoms with Gasteiger partial charge in [0.2, 0.25) is 0 Å². The summed E-state index contributed by atoms with van der Waals surface area (Å²) in [6, 6.07) is 38.5. The SMILES string of the molecule is CN(c1cc(Oc2cc(-c3ccccn3)c(F)cc2F)cc(N(c2ccccc2)c2ccccc2)c1)c1ccccn1. The molecule has 0 amide bonds. The van der Waals surface area contributed by atoms with Gasteiger partial charge in [0, 0.05) is 60.3 Å². The molecule has 0 spiro atoms. The number of nitrogens with zero attached hydrogens (tertiary/aromatic N) is 4. The van der Waals surface area contributed by atoms with E-state index in [1.165, 1.54) is 6.07 Å². The summed E-state index contributed by atoms with van der Waals surface area (Å²) in [6.07, 6.45) is 3.28. The first kappa shape index (κ1) is 26.7. The monoisotopic (exact) mass is 556 g/mol. The quantitative estimate of drug-likeness (QED) is 0.187. The third-order valence-corrected chi connectivity index (χ3v) is 6.73. The van der Waals surface area contributed by atoms with Crippen molar-refractivity contribution < 1.29 is 13.5 Å². The Balaban J connectivity index is 1.49. The Hall–Kier alpha value is -5.56. The standard InChI is InChI=1S/C35H26F2N4O/c1-40(35-17-9-11-19-39-35)27-20-28(41(25-12-4-2-5-13-25)26-14-6-3-7-15-26)22-29(21-27)42-34-23-30(31(36)24-32(34)37)33-16-8-10-18-38-33/h2-24H,1H3. The van der Waals surface area contributed by atoms with Crippen LogP contribution in [-0.4, -0.2) is 17.0 Å². The largest absolute Gasteiger partial charge is 0.454 e. The summed E-state index contributed by atoms with van der Waals surface area (Å²) in [4.78, 5) is 12.7. The molecule has 0 aliphatic carbocycles. The predicted octanol–water partition coefficient (Wildman–Crippen LogP) is 9.45. The molecule has 7 heteroatoms. The molecule has 6 rings (SSSR count). The van der Waals surface area contributed by atoms with Crippen molar-refractivity contribution in [2.45, 2.75) is 0 Å². The zero-order valence-electron chi connectivity index (χ0n) is 22.7. The number of para-hydroxylation sites is 2. The number of rotatable bonds is 8. The molecule has 0 radical (unpaired) electrons.